The van der Waals surface area contributed by atoms with E-state index < -0.39 is 0 Å². The van der Waals surface area contributed by atoms with E-state index in [1.165, 1.54) is 0 Å². The number of fused-ring (bicyclic) bond motifs is 1. The summed E-state index contributed by atoms with van der Waals surface area (Å²) < 4.78 is 16.1. The number of aromatic nitrogens is 1. The van der Waals surface area contributed by atoms with Crippen molar-refractivity contribution < 1.29 is 14.2 Å². The Balaban J connectivity index is 2.98. The summed E-state index contributed by atoms with van der Waals surface area (Å²) in [6.07, 6.45) is 0. The van der Waals surface area contributed by atoms with Crippen LogP contribution >= 0.6 is 11.6 Å². The van der Waals surface area contributed by atoms with Gasteiger partial charge in [-0.1, -0.05) is 11.6 Å². The number of aryl methyl sites for hydroxylation is 1. The second-order valence-electron chi connectivity index (χ2n) is 4.18. The summed E-state index contributed by atoms with van der Waals surface area (Å²) in [6.45, 7) is 3.85. The van der Waals surface area contributed by atoms with Crippen LogP contribution in [0.4, 0.5) is 0 Å². The summed E-state index contributed by atoms with van der Waals surface area (Å²) >= 11 is 6.42. The molecular formula is C14H16ClNO3. The molecule has 0 fully saturated rings. The Morgan fingerprint density at radius 2 is 1.63 bits per heavy atom. The first-order valence-corrected chi connectivity index (χ1v) is 6.18. The van der Waals surface area contributed by atoms with E-state index in [-0.39, 0.29) is 0 Å². The Hall–Kier alpha value is -1.68. The van der Waals surface area contributed by atoms with Crippen molar-refractivity contribution in [3.63, 3.8) is 0 Å². The SMILES string of the molecule is COc1cc2nc(C)c(C)c(Cl)c2c(OC)c1OC. The van der Waals surface area contributed by atoms with Crippen LogP contribution in [-0.4, -0.2) is 26.3 Å². The standard InChI is InChI=1S/C14H16ClNO3/c1-7-8(2)16-9-6-10(17-3)13(18-4)14(19-5)11(9)12(7)15/h6H,1-5H3. The van der Waals surface area contributed by atoms with Gasteiger partial charge in [-0.25, -0.2) is 0 Å². The second-order valence-corrected chi connectivity index (χ2v) is 4.55. The lowest BCUT2D eigenvalue weighted by Crippen LogP contribution is -1.99. The smallest absolute Gasteiger partial charge is 0.204 e. The zero-order valence-corrected chi connectivity index (χ0v) is 12.4. The number of halogens is 1. The lowest BCUT2D eigenvalue weighted by Gasteiger charge is -2.16. The lowest BCUT2D eigenvalue weighted by molar-refractivity contribution is 0.327. The molecule has 0 aliphatic carbocycles. The Kier molecular flexibility index (Phi) is 3.71. The fraction of sp³-hybridized carbons (Fsp3) is 0.357. The van der Waals surface area contributed by atoms with Gasteiger partial charge in [0.1, 0.15) is 0 Å². The van der Waals surface area contributed by atoms with E-state index >= 15 is 0 Å². The number of hydrogen-bond donors (Lipinski definition) is 0. The second kappa shape index (κ2) is 5.13. The van der Waals surface area contributed by atoms with Crippen LogP contribution in [0.1, 0.15) is 11.3 Å². The van der Waals surface area contributed by atoms with Crippen molar-refractivity contribution >= 4 is 22.5 Å². The molecule has 0 aliphatic heterocycles. The van der Waals surface area contributed by atoms with Crippen LogP contribution in [0.3, 0.4) is 0 Å². The van der Waals surface area contributed by atoms with Crippen molar-refractivity contribution in [3.8, 4) is 17.2 Å². The maximum Gasteiger partial charge on any atom is 0.204 e. The van der Waals surface area contributed by atoms with Gasteiger partial charge in [0.05, 0.1) is 37.3 Å². The molecule has 0 unspecified atom stereocenters. The predicted molar refractivity (Wildman–Crippen MR) is 75.9 cm³/mol. The van der Waals surface area contributed by atoms with Gasteiger partial charge in [0.2, 0.25) is 5.75 Å². The van der Waals surface area contributed by atoms with Crippen LogP contribution in [0, 0.1) is 13.8 Å². The first-order valence-electron chi connectivity index (χ1n) is 5.80. The molecule has 0 spiro atoms. The minimum atomic E-state index is 0.518. The molecular weight excluding hydrogens is 266 g/mol. The minimum Gasteiger partial charge on any atom is -0.493 e. The average molecular weight is 282 g/mol. The Morgan fingerprint density at radius 3 is 2.16 bits per heavy atom. The average Bonchev–Trinajstić information content (AvgIpc) is 2.42. The van der Waals surface area contributed by atoms with Gasteiger partial charge in [0.25, 0.3) is 0 Å². The van der Waals surface area contributed by atoms with Gasteiger partial charge in [0.15, 0.2) is 11.5 Å². The monoisotopic (exact) mass is 281 g/mol. The number of pyridine rings is 1. The lowest BCUT2D eigenvalue weighted by atomic mass is 10.1. The molecule has 102 valence electrons. The molecule has 2 aromatic rings. The Morgan fingerprint density at radius 1 is 1.00 bits per heavy atom. The summed E-state index contributed by atoms with van der Waals surface area (Å²) in [5, 5.41) is 1.37. The zero-order chi connectivity index (χ0) is 14.2. The third kappa shape index (κ3) is 2.06. The molecule has 0 saturated heterocycles. The van der Waals surface area contributed by atoms with E-state index in [1.807, 2.05) is 13.8 Å². The highest BCUT2D eigenvalue weighted by atomic mass is 35.5. The normalized spacial score (nSPS) is 10.6. The molecule has 0 N–H and O–H groups in total. The summed E-state index contributed by atoms with van der Waals surface area (Å²) in [7, 11) is 4.71. The molecule has 0 aliphatic rings. The molecule has 4 nitrogen and oxygen atoms in total. The largest absolute Gasteiger partial charge is 0.493 e. The molecule has 1 aromatic heterocycles. The summed E-state index contributed by atoms with van der Waals surface area (Å²) in [6, 6.07) is 1.80. The van der Waals surface area contributed by atoms with Gasteiger partial charge in [-0.05, 0) is 19.4 Å². The zero-order valence-electron chi connectivity index (χ0n) is 11.6. The fourth-order valence-corrected chi connectivity index (χ4v) is 2.37. The molecule has 0 amide bonds. The predicted octanol–water partition coefficient (Wildman–Crippen LogP) is 3.53. The van der Waals surface area contributed by atoms with Gasteiger partial charge in [-0.15, -0.1) is 0 Å². The highest BCUT2D eigenvalue weighted by molar-refractivity contribution is 6.37. The topological polar surface area (TPSA) is 40.6 Å². The van der Waals surface area contributed by atoms with Crippen LogP contribution < -0.4 is 14.2 Å². The van der Waals surface area contributed by atoms with E-state index in [0.29, 0.717) is 22.3 Å². The molecule has 0 radical (unpaired) electrons. The van der Waals surface area contributed by atoms with Gasteiger partial charge in [-0.3, -0.25) is 4.98 Å². The number of ether oxygens (including phenoxy) is 3. The van der Waals surface area contributed by atoms with Crippen LogP contribution in [-0.2, 0) is 0 Å². The summed E-state index contributed by atoms with van der Waals surface area (Å²) in [4.78, 5) is 4.53. The third-order valence-corrected chi connectivity index (χ3v) is 3.66. The molecule has 0 bridgehead atoms. The molecule has 1 heterocycles. The number of hydrogen-bond acceptors (Lipinski definition) is 4. The quantitative estimate of drug-likeness (QED) is 0.863. The summed E-state index contributed by atoms with van der Waals surface area (Å²) in [5.41, 5.74) is 2.54. The highest BCUT2D eigenvalue weighted by Gasteiger charge is 2.20. The van der Waals surface area contributed by atoms with Gasteiger partial charge < -0.3 is 14.2 Å². The minimum absolute atomic E-state index is 0.518. The fourth-order valence-electron chi connectivity index (χ4n) is 2.05. The van der Waals surface area contributed by atoms with Crippen molar-refractivity contribution in [2.75, 3.05) is 21.3 Å². The van der Waals surface area contributed by atoms with Crippen molar-refractivity contribution in [1.29, 1.82) is 0 Å². The first-order chi connectivity index (χ1) is 9.04. The van der Waals surface area contributed by atoms with Crippen molar-refractivity contribution in [3.05, 3.63) is 22.3 Å². The number of methoxy groups -OCH3 is 3. The van der Waals surface area contributed by atoms with Crippen LogP contribution in [0.25, 0.3) is 10.9 Å². The number of nitrogens with zero attached hydrogens (tertiary/aromatic N) is 1. The van der Waals surface area contributed by atoms with Gasteiger partial charge in [0, 0.05) is 11.8 Å². The van der Waals surface area contributed by atoms with E-state index in [1.54, 1.807) is 27.4 Å². The van der Waals surface area contributed by atoms with E-state index in [4.69, 9.17) is 25.8 Å². The number of benzene rings is 1. The van der Waals surface area contributed by atoms with Crippen LogP contribution in [0.15, 0.2) is 6.07 Å². The molecule has 2 rings (SSSR count). The molecule has 1 aromatic carbocycles. The molecule has 0 saturated carbocycles. The molecule has 0 atom stereocenters. The van der Waals surface area contributed by atoms with E-state index in [2.05, 4.69) is 4.98 Å². The van der Waals surface area contributed by atoms with Gasteiger partial charge in [-0.2, -0.15) is 0 Å². The van der Waals surface area contributed by atoms with Crippen molar-refractivity contribution in [1.82, 2.24) is 4.98 Å². The van der Waals surface area contributed by atoms with E-state index in [0.717, 1.165) is 22.2 Å². The molecule has 19 heavy (non-hydrogen) atoms. The third-order valence-electron chi connectivity index (χ3n) is 3.19. The highest BCUT2D eigenvalue weighted by Crippen LogP contribution is 2.46. The van der Waals surface area contributed by atoms with E-state index in [9.17, 15) is 0 Å². The molecule has 5 heteroatoms. The maximum absolute atomic E-state index is 6.42. The van der Waals surface area contributed by atoms with Crippen molar-refractivity contribution in [2.24, 2.45) is 0 Å². The van der Waals surface area contributed by atoms with Crippen LogP contribution in [0.5, 0.6) is 17.2 Å². The van der Waals surface area contributed by atoms with Crippen molar-refractivity contribution in [2.45, 2.75) is 13.8 Å². The summed E-state index contributed by atoms with van der Waals surface area (Å²) in [5.74, 6) is 1.63. The maximum atomic E-state index is 6.42. The number of rotatable bonds is 3. The first kappa shape index (κ1) is 13.7. The Bertz CT molecular complexity index is 641. The van der Waals surface area contributed by atoms with Gasteiger partial charge >= 0.3 is 0 Å². The van der Waals surface area contributed by atoms with Crippen LogP contribution in [0.2, 0.25) is 5.02 Å². The Labute approximate surface area is 117 Å².